The maximum atomic E-state index is 12.5. The Morgan fingerprint density at radius 3 is 2.68 bits per heavy atom. The minimum Gasteiger partial charge on any atom is -0.449 e. The number of carbonyl (C=O) groups is 2. The van der Waals surface area contributed by atoms with Crippen molar-refractivity contribution in [3.8, 4) is 5.75 Å². The predicted molar refractivity (Wildman–Crippen MR) is 93.0 cm³/mol. The van der Waals surface area contributed by atoms with Crippen LogP contribution in [0.25, 0.3) is 0 Å². The zero-order valence-corrected chi connectivity index (χ0v) is 14.7. The molecule has 1 aromatic carbocycles. The summed E-state index contributed by atoms with van der Waals surface area (Å²) in [6, 6.07) is 4.56. The van der Waals surface area contributed by atoms with Gasteiger partial charge in [0.1, 0.15) is 5.75 Å². The Bertz CT molecular complexity index is 665. The van der Waals surface area contributed by atoms with E-state index < -0.39 is 17.6 Å². The molecule has 2 aliphatic rings. The van der Waals surface area contributed by atoms with E-state index in [4.69, 9.17) is 15.2 Å². The van der Waals surface area contributed by atoms with Crippen molar-refractivity contribution in [3.63, 3.8) is 0 Å². The van der Waals surface area contributed by atoms with Crippen LogP contribution in [0.3, 0.4) is 0 Å². The maximum Gasteiger partial charge on any atom is 0.306 e. The molecule has 1 atom stereocenters. The van der Waals surface area contributed by atoms with Gasteiger partial charge in [-0.1, -0.05) is 0 Å². The third-order valence-corrected chi connectivity index (χ3v) is 4.30. The first-order chi connectivity index (χ1) is 11.4. The Kier molecular flexibility index (Phi) is 5.76. The Morgan fingerprint density at radius 1 is 1.36 bits per heavy atom. The van der Waals surface area contributed by atoms with Crippen molar-refractivity contribution < 1.29 is 24.2 Å². The molecule has 1 saturated heterocycles. The number of amides is 2. The van der Waals surface area contributed by atoms with E-state index in [1.54, 1.807) is 18.0 Å². The number of nitrogens with zero attached hydrogens (tertiary/aromatic N) is 1. The van der Waals surface area contributed by atoms with E-state index in [0.717, 1.165) is 0 Å². The number of fused-ring (bicyclic) bond motifs is 1. The number of benzene rings is 1. The first-order valence-electron chi connectivity index (χ1n) is 7.84. The topological polar surface area (TPSA) is 114 Å². The third kappa shape index (κ3) is 3.97. The number of β-amino-alcohol motifs (C(OH)–C–C–N with tert-alkyl or cyclic N) is 1. The average Bonchev–Trinajstić information content (AvgIpc) is 2.55. The number of hydrogen-bond donors (Lipinski definition) is 3. The van der Waals surface area contributed by atoms with Gasteiger partial charge in [0, 0.05) is 31.9 Å². The summed E-state index contributed by atoms with van der Waals surface area (Å²) in [6.45, 7) is 1.11. The molecule has 1 aromatic rings. The molecule has 2 aliphatic heterocycles. The molecule has 4 N–H and O–H groups in total. The molecule has 25 heavy (non-hydrogen) atoms. The number of ether oxygens (including phenoxy) is 2. The zero-order chi connectivity index (χ0) is 17.3. The van der Waals surface area contributed by atoms with E-state index in [1.807, 2.05) is 0 Å². The van der Waals surface area contributed by atoms with Crippen molar-refractivity contribution in [3.05, 3.63) is 23.8 Å². The summed E-state index contributed by atoms with van der Waals surface area (Å²) >= 11 is 0. The van der Waals surface area contributed by atoms with Crippen LogP contribution in [-0.2, 0) is 9.53 Å². The van der Waals surface area contributed by atoms with Crippen molar-refractivity contribution >= 4 is 29.9 Å². The second-order valence-electron chi connectivity index (χ2n) is 6.15. The number of nitrogens with one attached hydrogen (secondary N) is 1. The van der Waals surface area contributed by atoms with Crippen LogP contribution < -0.4 is 20.7 Å². The van der Waals surface area contributed by atoms with Crippen LogP contribution in [0.4, 0.5) is 5.69 Å². The van der Waals surface area contributed by atoms with E-state index >= 15 is 0 Å². The van der Waals surface area contributed by atoms with Crippen molar-refractivity contribution in [2.75, 3.05) is 31.7 Å². The predicted octanol–water partition coefficient (Wildman–Crippen LogP) is 0.0197. The molecular formula is C16H22ClN3O5. The second kappa shape index (κ2) is 7.47. The molecule has 3 rings (SSSR count). The molecule has 0 bridgehead atoms. The first-order valence-corrected chi connectivity index (χ1v) is 7.84. The van der Waals surface area contributed by atoms with Gasteiger partial charge in [-0.15, -0.1) is 12.4 Å². The Labute approximate surface area is 151 Å². The van der Waals surface area contributed by atoms with Gasteiger partial charge in [0.25, 0.3) is 5.91 Å². The van der Waals surface area contributed by atoms with Gasteiger partial charge in [0.05, 0.1) is 12.2 Å². The maximum absolute atomic E-state index is 12.5. The summed E-state index contributed by atoms with van der Waals surface area (Å²) in [6.07, 6.45) is 1.41. The smallest absolute Gasteiger partial charge is 0.306 e. The SMILES string of the molecule is CN1CC(O)(C(=O)NC2CCOCC2)Oc2ccc(C(N)=O)cc21.Cl. The van der Waals surface area contributed by atoms with Gasteiger partial charge in [-0.2, -0.15) is 0 Å². The highest BCUT2D eigenvalue weighted by molar-refractivity contribution is 5.94. The first kappa shape index (κ1) is 19.3. The number of likely N-dealkylation sites (N-methyl/N-ethyl adjacent to an activating group) is 1. The molecule has 1 fully saturated rings. The molecule has 0 aromatic heterocycles. The van der Waals surface area contributed by atoms with Gasteiger partial charge >= 0.3 is 5.79 Å². The van der Waals surface area contributed by atoms with Crippen molar-refractivity contribution in [1.82, 2.24) is 5.32 Å². The van der Waals surface area contributed by atoms with E-state index in [9.17, 15) is 14.7 Å². The van der Waals surface area contributed by atoms with Crippen LogP contribution in [0, 0.1) is 0 Å². The van der Waals surface area contributed by atoms with Crippen LogP contribution in [0.15, 0.2) is 18.2 Å². The lowest BCUT2D eigenvalue weighted by Gasteiger charge is -2.39. The number of aliphatic hydroxyl groups is 1. The molecule has 138 valence electrons. The quantitative estimate of drug-likeness (QED) is 0.690. The second-order valence-corrected chi connectivity index (χ2v) is 6.15. The van der Waals surface area contributed by atoms with E-state index in [-0.39, 0.29) is 25.0 Å². The molecule has 0 radical (unpaired) electrons. The van der Waals surface area contributed by atoms with Gasteiger partial charge < -0.3 is 30.5 Å². The molecule has 1 unspecified atom stereocenters. The normalized spacial score (nSPS) is 23.0. The summed E-state index contributed by atoms with van der Waals surface area (Å²) in [7, 11) is 1.71. The molecule has 0 spiro atoms. The van der Waals surface area contributed by atoms with Gasteiger partial charge in [-0.25, -0.2) is 0 Å². The highest BCUT2D eigenvalue weighted by atomic mass is 35.5. The fraction of sp³-hybridized carbons (Fsp3) is 0.500. The van der Waals surface area contributed by atoms with Gasteiger partial charge in [-0.3, -0.25) is 9.59 Å². The number of rotatable bonds is 3. The minimum atomic E-state index is -1.99. The average molecular weight is 372 g/mol. The summed E-state index contributed by atoms with van der Waals surface area (Å²) in [4.78, 5) is 25.4. The molecule has 2 heterocycles. The number of anilines is 1. The van der Waals surface area contributed by atoms with Crippen molar-refractivity contribution in [2.24, 2.45) is 5.73 Å². The number of carbonyl (C=O) groups excluding carboxylic acids is 2. The number of hydrogen-bond acceptors (Lipinski definition) is 6. The highest BCUT2D eigenvalue weighted by Gasteiger charge is 2.45. The molecule has 9 heteroatoms. The molecule has 0 aliphatic carbocycles. The van der Waals surface area contributed by atoms with Gasteiger partial charge in [0.2, 0.25) is 5.91 Å². The number of nitrogens with two attached hydrogens (primary N) is 1. The highest BCUT2D eigenvalue weighted by Crippen LogP contribution is 2.36. The van der Waals surface area contributed by atoms with E-state index in [2.05, 4.69) is 5.32 Å². The van der Waals surface area contributed by atoms with Gasteiger partial charge in [0.15, 0.2) is 0 Å². The summed E-state index contributed by atoms with van der Waals surface area (Å²) in [5.74, 6) is -2.80. The van der Waals surface area contributed by atoms with E-state index in [1.165, 1.54) is 12.1 Å². The zero-order valence-electron chi connectivity index (χ0n) is 13.9. The molecule has 2 amide bonds. The lowest BCUT2D eigenvalue weighted by Crippen LogP contribution is -2.61. The van der Waals surface area contributed by atoms with E-state index in [0.29, 0.717) is 43.1 Å². The fourth-order valence-corrected chi connectivity index (χ4v) is 2.93. The molecule has 0 saturated carbocycles. The largest absolute Gasteiger partial charge is 0.449 e. The number of halogens is 1. The Morgan fingerprint density at radius 2 is 2.04 bits per heavy atom. The minimum absolute atomic E-state index is 0. The molecule has 8 nitrogen and oxygen atoms in total. The van der Waals surface area contributed by atoms with Crippen LogP contribution in [0.1, 0.15) is 23.2 Å². The summed E-state index contributed by atoms with van der Waals surface area (Å²) in [5, 5.41) is 13.5. The van der Waals surface area contributed by atoms with Crippen molar-refractivity contribution in [1.29, 1.82) is 0 Å². The van der Waals surface area contributed by atoms with Gasteiger partial charge in [-0.05, 0) is 31.0 Å². The number of primary amides is 1. The van der Waals surface area contributed by atoms with Crippen LogP contribution in [0.2, 0.25) is 0 Å². The Hall–Kier alpha value is -2.03. The Balaban J connectivity index is 0.00000225. The van der Waals surface area contributed by atoms with Crippen molar-refractivity contribution in [2.45, 2.75) is 24.7 Å². The fourth-order valence-electron chi connectivity index (χ4n) is 2.93. The van der Waals surface area contributed by atoms with Crippen LogP contribution in [0.5, 0.6) is 5.75 Å². The van der Waals surface area contributed by atoms with Crippen LogP contribution >= 0.6 is 12.4 Å². The summed E-state index contributed by atoms with van der Waals surface area (Å²) in [5.41, 5.74) is 6.20. The molecular weight excluding hydrogens is 350 g/mol. The monoisotopic (exact) mass is 371 g/mol. The lowest BCUT2D eigenvalue weighted by atomic mass is 10.1. The lowest BCUT2D eigenvalue weighted by molar-refractivity contribution is -0.175. The van der Waals surface area contributed by atoms with Crippen LogP contribution in [-0.4, -0.2) is 55.6 Å². The third-order valence-electron chi connectivity index (χ3n) is 4.30. The summed E-state index contributed by atoms with van der Waals surface area (Å²) < 4.78 is 10.8. The standard InChI is InChI=1S/C16H21N3O5.ClH/c1-19-9-16(22,15(21)18-11-4-6-23-7-5-11)24-13-3-2-10(14(17)20)8-12(13)19;/h2-3,8,11,22H,4-7,9H2,1H3,(H2,17,20)(H,18,21);1H.